The molecule has 34 heavy (non-hydrogen) atoms. The molecule has 3 aromatic carbocycles. The number of imide groups is 1. The molecule has 0 atom stereocenters. The molecule has 0 aliphatic carbocycles. The van der Waals surface area contributed by atoms with Crippen LogP contribution in [-0.2, 0) is 21.4 Å². The number of fused-ring (bicyclic) bond motifs is 1. The van der Waals surface area contributed by atoms with Crippen molar-refractivity contribution in [1.82, 2.24) is 19.8 Å². The van der Waals surface area contributed by atoms with E-state index >= 15 is 0 Å². The van der Waals surface area contributed by atoms with E-state index < -0.39 is 16.1 Å². The lowest BCUT2D eigenvalue weighted by Gasteiger charge is -2.33. The highest BCUT2D eigenvalue weighted by Gasteiger charge is 2.28. The van der Waals surface area contributed by atoms with Gasteiger partial charge in [-0.25, -0.2) is 13.2 Å². The van der Waals surface area contributed by atoms with Gasteiger partial charge in [-0.15, -0.1) is 0 Å². The minimum absolute atomic E-state index is 0.163. The summed E-state index contributed by atoms with van der Waals surface area (Å²) in [6.07, 6.45) is 0.163. The number of hydrogen-bond donors (Lipinski definition) is 2. The van der Waals surface area contributed by atoms with Gasteiger partial charge < -0.3 is 10.2 Å². The predicted octanol–water partition coefficient (Wildman–Crippen LogP) is 2.56. The molecule has 9 heteroatoms. The number of hydrogen-bond acceptors (Lipinski definition) is 5. The largest absolute Gasteiger partial charge is 0.334 e. The molecule has 3 amide bonds. The number of sulfonamides is 1. The maximum atomic E-state index is 13.1. The molecule has 1 aliphatic rings. The van der Waals surface area contributed by atoms with Crippen LogP contribution in [0.5, 0.6) is 0 Å². The van der Waals surface area contributed by atoms with Crippen molar-refractivity contribution in [3.63, 3.8) is 0 Å². The summed E-state index contributed by atoms with van der Waals surface area (Å²) < 4.78 is 27.7. The molecule has 0 spiro atoms. The molecule has 0 saturated carbocycles. The van der Waals surface area contributed by atoms with E-state index in [9.17, 15) is 18.0 Å². The number of nitrogens with zero attached hydrogens (tertiary/aromatic N) is 2. The summed E-state index contributed by atoms with van der Waals surface area (Å²) in [7, 11) is -3.58. The summed E-state index contributed by atoms with van der Waals surface area (Å²) in [6.45, 7) is 2.57. The summed E-state index contributed by atoms with van der Waals surface area (Å²) >= 11 is 0. The van der Waals surface area contributed by atoms with Gasteiger partial charge >= 0.3 is 6.03 Å². The molecule has 2 N–H and O–H groups in total. The van der Waals surface area contributed by atoms with Gasteiger partial charge in [0.05, 0.1) is 4.90 Å². The lowest BCUT2D eigenvalue weighted by Crippen LogP contribution is -2.49. The van der Waals surface area contributed by atoms with Crippen LogP contribution in [0.4, 0.5) is 4.79 Å². The summed E-state index contributed by atoms with van der Waals surface area (Å²) in [4.78, 5) is 26.4. The fourth-order valence-electron chi connectivity index (χ4n) is 3.94. The molecule has 1 fully saturated rings. The van der Waals surface area contributed by atoms with E-state index in [4.69, 9.17) is 0 Å². The minimum Gasteiger partial charge on any atom is -0.334 e. The first-order valence-electron chi connectivity index (χ1n) is 11.2. The van der Waals surface area contributed by atoms with E-state index in [1.165, 1.54) is 4.31 Å². The fourth-order valence-corrected chi connectivity index (χ4v) is 5.40. The Labute approximate surface area is 199 Å². The van der Waals surface area contributed by atoms with Crippen molar-refractivity contribution in [3.8, 4) is 0 Å². The highest BCUT2D eigenvalue weighted by Crippen LogP contribution is 2.22. The molecule has 1 aliphatic heterocycles. The number of urea groups is 1. The first-order valence-corrected chi connectivity index (χ1v) is 12.7. The molecule has 178 valence electrons. The van der Waals surface area contributed by atoms with E-state index in [2.05, 4.69) is 10.6 Å². The standard InChI is InChI=1S/C25H28N4O4S/c30-24(27-25(31)26-19-20-6-2-1-3-7-20)12-13-28-14-16-29(17-15-28)34(32,33)23-11-10-21-8-4-5-9-22(21)18-23/h1-11,18H,12-17,19H2,(H2,26,27,30,31). The van der Waals surface area contributed by atoms with Crippen LogP contribution >= 0.6 is 0 Å². The van der Waals surface area contributed by atoms with Crippen molar-refractivity contribution in [3.05, 3.63) is 78.4 Å². The molecule has 8 nitrogen and oxygen atoms in total. The number of piperazine rings is 1. The molecule has 0 aromatic heterocycles. The van der Waals surface area contributed by atoms with Crippen LogP contribution in [0.15, 0.2) is 77.7 Å². The second-order valence-electron chi connectivity index (χ2n) is 8.22. The van der Waals surface area contributed by atoms with Gasteiger partial charge in [-0.2, -0.15) is 4.31 Å². The van der Waals surface area contributed by atoms with Crippen molar-refractivity contribution in [1.29, 1.82) is 0 Å². The average molecular weight is 481 g/mol. The van der Waals surface area contributed by atoms with Gasteiger partial charge in [0.15, 0.2) is 0 Å². The molecule has 0 radical (unpaired) electrons. The third kappa shape index (κ3) is 5.99. The van der Waals surface area contributed by atoms with E-state index in [1.54, 1.807) is 12.1 Å². The third-order valence-corrected chi connectivity index (χ3v) is 7.79. The van der Waals surface area contributed by atoms with Crippen LogP contribution in [-0.4, -0.2) is 62.3 Å². The first-order chi connectivity index (χ1) is 16.4. The summed E-state index contributed by atoms with van der Waals surface area (Å²) in [5.74, 6) is -0.364. The van der Waals surface area contributed by atoms with Crippen LogP contribution in [0, 0.1) is 0 Å². The average Bonchev–Trinajstić information content (AvgIpc) is 2.87. The van der Waals surface area contributed by atoms with Crippen LogP contribution < -0.4 is 10.6 Å². The molecule has 0 bridgehead atoms. The Kier molecular flexibility index (Phi) is 7.56. The van der Waals surface area contributed by atoms with Crippen molar-refractivity contribution in [2.75, 3.05) is 32.7 Å². The predicted molar refractivity (Wildman–Crippen MR) is 131 cm³/mol. The summed E-state index contributed by atoms with van der Waals surface area (Å²) in [6, 6.07) is 21.8. The van der Waals surface area contributed by atoms with Gasteiger partial charge in [-0.1, -0.05) is 60.7 Å². The zero-order valence-electron chi connectivity index (χ0n) is 18.8. The topological polar surface area (TPSA) is 98.8 Å². The second-order valence-corrected chi connectivity index (χ2v) is 10.2. The zero-order chi connectivity index (χ0) is 24.0. The number of rotatable bonds is 7. The molecule has 0 unspecified atom stereocenters. The SMILES string of the molecule is O=C(CCN1CCN(S(=O)(=O)c2ccc3ccccc3c2)CC1)NC(=O)NCc1ccccc1. The Hall–Kier alpha value is -3.27. The van der Waals surface area contributed by atoms with Crippen molar-refractivity contribution in [2.45, 2.75) is 17.9 Å². The van der Waals surface area contributed by atoms with E-state index in [-0.39, 0.29) is 12.3 Å². The van der Waals surface area contributed by atoms with E-state index in [0.717, 1.165) is 16.3 Å². The number of nitrogens with one attached hydrogen (secondary N) is 2. The summed E-state index contributed by atoms with van der Waals surface area (Å²) in [5, 5.41) is 6.88. The molecule has 1 heterocycles. The van der Waals surface area contributed by atoms with Crippen LogP contribution in [0.25, 0.3) is 10.8 Å². The molecular weight excluding hydrogens is 452 g/mol. The normalized spacial score (nSPS) is 15.2. The first kappa shape index (κ1) is 23.9. The molecule has 3 aromatic rings. The van der Waals surface area contributed by atoms with Crippen LogP contribution in [0.2, 0.25) is 0 Å². The number of amides is 3. The Morgan fingerprint density at radius 2 is 1.50 bits per heavy atom. The zero-order valence-corrected chi connectivity index (χ0v) is 19.6. The van der Waals surface area contributed by atoms with Crippen LogP contribution in [0.1, 0.15) is 12.0 Å². The Morgan fingerprint density at radius 1 is 0.824 bits per heavy atom. The summed E-state index contributed by atoms with van der Waals surface area (Å²) in [5.41, 5.74) is 0.946. The smallest absolute Gasteiger partial charge is 0.321 e. The molecule has 4 rings (SSSR count). The number of benzene rings is 3. The number of carbonyl (C=O) groups is 2. The van der Waals surface area contributed by atoms with Crippen molar-refractivity contribution < 1.29 is 18.0 Å². The van der Waals surface area contributed by atoms with E-state index in [0.29, 0.717) is 44.2 Å². The fraction of sp³-hybridized carbons (Fsp3) is 0.280. The Morgan fingerprint density at radius 3 is 2.24 bits per heavy atom. The third-order valence-electron chi connectivity index (χ3n) is 5.89. The monoisotopic (exact) mass is 480 g/mol. The Bertz CT molecular complexity index is 1260. The van der Waals surface area contributed by atoms with Gasteiger partial charge in [-0.3, -0.25) is 10.1 Å². The van der Waals surface area contributed by atoms with Crippen molar-refractivity contribution in [2.24, 2.45) is 0 Å². The van der Waals surface area contributed by atoms with Gasteiger partial charge in [0.2, 0.25) is 15.9 Å². The maximum Gasteiger partial charge on any atom is 0.321 e. The maximum absolute atomic E-state index is 13.1. The quantitative estimate of drug-likeness (QED) is 0.542. The van der Waals surface area contributed by atoms with E-state index in [1.807, 2.05) is 65.6 Å². The van der Waals surface area contributed by atoms with Gasteiger partial charge in [0.1, 0.15) is 0 Å². The highest BCUT2D eigenvalue weighted by molar-refractivity contribution is 7.89. The van der Waals surface area contributed by atoms with Crippen LogP contribution in [0.3, 0.4) is 0 Å². The van der Waals surface area contributed by atoms with Gasteiger partial charge in [0.25, 0.3) is 0 Å². The lowest BCUT2D eigenvalue weighted by atomic mass is 10.1. The highest BCUT2D eigenvalue weighted by atomic mass is 32.2. The van der Waals surface area contributed by atoms with Gasteiger partial charge in [0, 0.05) is 45.7 Å². The van der Waals surface area contributed by atoms with Crippen molar-refractivity contribution >= 4 is 32.7 Å². The second kappa shape index (κ2) is 10.8. The molecular formula is C25H28N4O4S. The van der Waals surface area contributed by atoms with Gasteiger partial charge in [-0.05, 0) is 28.5 Å². The minimum atomic E-state index is -3.58. The Balaban J connectivity index is 1.22. The number of carbonyl (C=O) groups excluding carboxylic acids is 2. The lowest BCUT2D eigenvalue weighted by molar-refractivity contribution is -0.120. The molecule has 1 saturated heterocycles.